The van der Waals surface area contributed by atoms with Crippen LogP contribution in [-0.2, 0) is 6.54 Å². The number of rotatable bonds is 4. The topological polar surface area (TPSA) is 62.2 Å². The molecule has 0 unspecified atom stereocenters. The summed E-state index contributed by atoms with van der Waals surface area (Å²) in [5.74, 6) is -0.573. The lowest BCUT2D eigenvalue weighted by Gasteiger charge is -2.09. The van der Waals surface area contributed by atoms with Crippen molar-refractivity contribution in [1.29, 1.82) is 0 Å². The minimum absolute atomic E-state index is 0.0453. The van der Waals surface area contributed by atoms with Crippen LogP contribution in [0.3, 0.4) is 0 Å². The fraction of sp³-hybridized carbons (Fsp3) is 0.143. The molecule has 0 aliphatic carbocycles. The second kappa shape index (κ2) is 5.71. The minimum atomic E-state index is -1.06. The fourth-order valence-corrected chi connectivity index (χ4v) is 1.88. The van der Waals surface area contributed by atoms with Crippen LogP contribution in [0.4, 0.5) is 5.82 Å². The van der Waals surface area contributed by atoms with Gasteiger partial charge in [-0.3, -0.25) is 0 Å². The van der Waals surface area contributed by atoms with Crippen LogP contribution in [0, 0.1) is 6.92 Å². The molecule has 0 spiro atoms. The largest absolute Gasteiger partial charge is 0.478 e. The third-order valence-corrected chi connectivity index (χ3v) is 3.11. The molecule has 0 aliphatic heterocycles. The Morgan fingerprint density at radius 2 is 2.16 bits per heavy atom. The Balaban J connectivity index is 2.14. The lowest BCUT2D eigenvalue weighted by atomic mass is 10.1. The summed E-state index contributed by atoms with van der Waals surface area (Å²) in [7, 11) is 0. The molecule has 0 bridgehead atoms. The molecule has 0 amide bonds. The van der Waals surface area contributed by atoms with E-state index in [1.165, 1.54) is 17.8 Å². The second-order valence-corrected chi connectivity index (χ2v) is 4.54. The Kier molecular flexibility index (Phi) is 4.02. The van der Waals surface area contributed by atoms with Gasteiger partial charge in [0.05, 0.1) is 10.6 Å². The molecule has 0 saturated carbocycles. The molecule has 98 valence electrons. The van der Waals surface area contributed by atoms with Crippen LogP contribution in [0.2, 0.25) is 5.02 Å². The number of nitrogens with zero attached hydrogens (tertiary/aromatic N) is 1. The molecule has 0 atom stereocenters. The number of pyridine rings is 1. The number of carboxylic acid groups (broad SMARTS) is 1. The van der Waals surface area contributed by atoms with Gasteiger partial charge in [-0.25, -0.2) is 9.78 Å². The van der Waals surface area contributed by atoms with Gasteiger partial charge in [-0.1, -0.05) is 35.9 Å². The molecular weight excluding hydrogens is 264 g/mol. The molecule has 0 radical (unpaired) electrons. The number of carboxylic acids is 1. The summed E-state index contributed by atoms with van der Waals surface area (Å²) in [6.07, 6.45) is 1.34. The molecule has 2 rings (SSSR count). The van der Waals surface area contributed by atoms with Crippen LogP contribution < -0.4 is 5.32 Å². The quantitative estimate of drug-likeness (QED) is 0.899. The molecule has 2 aromatic rings. The number of benzene rings is 1. The van der Waals surface area contributed by atoms with Gasteiger partial charge in [-0.05, 0) is 24.1 Å². The van der Waals surface area contributed by atoms with E-state index in [0.717, 1.165) is 5.56 Å². The van der Waals surface area contributed by atoms with E-state index in [1.54, 1.807) is 0 Å². The summed E-state index contributed by atoms with van der Waals surface area (Å²) < 4.78 is 0. The van der Waals surface area contributed by atoms with Crippen molar-refractivity contribution in [1.82, 2.24) is 4.98 Å². The molecule has 1 heterocycles. The molecule has 19 heavy (non-hydrogen) atoms. The number of aromatic nitrogens is 1. The third kappa shape index (κ3) is 3.23. The molecule has 1 aromatic heterocycles. The average Bonchev–Trinajstić information content (AvgIpc) is 2.39. The van der Waals surface area contributed by atoms with Crippen LogP contribution in [0.5, 0.6) is 0 Å². The third-order valence-electron chi connectivity index (χ3n) is 2.81. The lowest BCUT2D eigenvalue weighted by molar-refractivity contribution is 0.0697. The Hall–Kier alpha value is -2.07. The van der Waals surface area contributed by atoms with E-state index in [0.29, 0.717) is 12.4 Å². The van der Waals surface area contributed by atoms with Crippen molar-refractivity contribution in [3.8, 4) is 0 Å². The van der Waals surface area contributed by atoms with Crippen molar-refractivity contribution in [2.45, 2.75) is 13.5 Å². The van der Waals surface area contributed by atoms with Crippen LogP contribution in [0.25, 0.3) is 0 Å². The van der Waals surface area contributed by atoms with E-state index < -0.39 is 5.97 Å². The first-order valence-electron chi connectivity index (χ1n) is 5.75. The number of halogens is 1. The van der Waals surface area contributed by atoms with Crippen molar-refractivity contribution in [3.05, 3.63) is 58.2 Å². The summed E-state index contributed by atoms with van der Waals surface area (Å²) in [5.41, 5.74) is 2.35. The van der Waals surface area contributed by atoms with Crippen molar-refractivity contribution in [2.75, 3.05) is 5.32 Å². The van der Waals surface area contributed by atoms with E-state index in [-0.39, 0.29) is 10.6 Å². The average molecular weight is 277 g/mol. The van der Waals surface area contributed by atoms with Gasteiger partial charge in [-0.15, -0.1) is 0 Å². The maximum absolute atomic E-state index is 11.0. The molecule has 2 N–H and O–H groups in total. The van der Waals surface area contributed by atoms with Crippen LogP contribution in [-0.4, -0.2) is 16.1 Å². The first-order valence-corrected chi connectivity index (χ1v) is 6.13. The summed E-state index contributed by atoms with van der Waals surface area (Å²) in [5, 5.41) is 12.2. The minimum Gasteiger partial charge on any atom is -0.478 e. The highest BCUT2D eigenvalue weighted by molar-refractivity contribution is 6.33. The van der Waals surface area contributed by atoms with Gasteiger partial charge in [0.1, 0.15) is 5.82 Å². The van der Waals surface area contributed by atoms with E-state index in [2.05, 4.69) is 10.3 Å². The predicted molar refractivity (Wildman–Crippen MR) is 74.7 cm³/mol. The highest BCUT2D eigenvalue weighted by Gasteiger charge is 2.10. The first kappa shape index (κ1) is 13.4. The molecule has 0 saturated heterocycles. The first-order chi connectivity index (χ1) is 9.08. The zero-order chi connectivity index (χ0) is 13.8. The highest BCUT2D eigenvalue weighted by Crippen LogP contribution is 2.18. The number of anilines is 1. The number of hydrogen-bond donors (Lipinski definition) is 2. The monoisotopic (exact) mass is 276 g/mol. The maximum atomic E-state index is 11.0. The second-order valence-electron chi connectivity index (χ2n) is 4.13. The van der Waals surface area contributed by atoms with E-state index in [4.69, 9.17) is 16.7 Å². The van der Waals surface area contributed by atoms with Gasteiger partial charge in [0.15, 0.2) is 0 Å². The van der Waals surface area contributed by atoms with Gasteiger partial charge in [0, 0.05) is 12.7 Å². The molecule has 0 fully saturated rings. The summed E-state index contributed by atoms with van der Waals surface area (Å²) in [4.78, 5) is 15.0. The maximum Gasteiger partial charge on any atom is 0.337 e. The van der Waals surface area contributed by atoms with E-state index in [1.807, 2.05) is 31.2 Å². The van der Waals surface area contributed by atoms with Gasteiger partial charge >= 0.3 is 5.97 Å². The Morgan fingerprint density at radius 1 is 1.42 bits per heavy atom. The van der Waals surface area contributed by atoms with E-state index in [9.17, 15) is 4.79 Å². The molecule has 4 nitrogen and oxygen atoms in total. The number of aryl methyl sites for hydroxylation is 1. The van der Waals surface area contributed by atoms with Crippen molar-refractivity contribution in [3.63, 3.8) is 0 Å². The summed E-state index contributed by atoms with van der Waals surface area (Å²) in [6.45, 7) is 2.61. The number of aromatic carboxylic acids is 1. The Bertz CT molecular complexity index is 614. The molecule has 5 heteroatoms. The van der Waals surface area contributed by atoms with Crippen LogP contribution in [0.15, 0.2) is 36.5 Å². The lowest BCUT2D eigenvalue weighted by Crippen LogP contribution is -2.05. The van der Waals surface area contributed by atoms with Crippen LogP contribution >= 0.6 is 11.6 Å². The normalized spacial score (nSPS) is 10.2. The zero-order valence-electron chi connectivity index (χ0n) is 10.4. The number of nitrogens with one attached hydrogen (secondary N) is 1. The molecule has 0 aliphatic rings. The molecular formula is C14H13ClN2O2. The summed E-state index contributed by atoms with van der Waals surface area (Å²) in [6, 6.07) is 9.40. The number of carbonyl (C=O) groups is 1. The fourth-order valence-electron chi connectivity index (χ4n) is 1.69. The number of hydrogen-bond acceptors (Lipinski definition) is 3. The van der Waals surface area contributed by atoms with Crippen LogP contribution in [0.1, 0.15) is 21.5 Å². The van der Waals surface area contributed by atoms with Gasteiger partial charge in [0.2, 0.25) is 0 Å². The Morgan fingerprint density at radius 3 is 2.84 bits per heavy atom. The van der Waals surface area contributed by atoms with Crippen molar-refractivity contribution >= 4 is 23.4 Å². The predicted octanol–water partition coefficient (Wildman–Crippen LogP) is 3.35. The summed E-state index contributed by atoms with van der Waals surface area (Å²) >= 11 is 5.76. The van der Waals surface area contributed by atoms with Crippen molar-refractivity contribution in [2.24, 2.45) is 0 Å². The van der Waals surface area contributed by atoms with Gasteiger partial charge < -0.3 is 10.4 Å². The highest BCUT2D eigenvalue weighted by atomic mass is 35.5. The molecule has 1 aromatic carbocycles. The SMILES string of the molecule is Cc1ccccc1CNc1cc(C(=O)O)c(Cl)cn1. The van der Waals surface area contributed by atoms with E-state index >= 15 is 0 Å². The standard InChI is InChI=1S/C14H13ClN2O2/c1-9-4-2-3-5-10(9)7-16-13-6-11(14(18)19)12(15)8-17-13/h2-6,8H,7H2,1H3,(H,16,17)(H,18,19). The zero-order valence-corrected chi connectivity index (χ0v) is 11.1. The van der Waals surface area contributed by atoms with Crippen molar-refractivity contribution < 1.29 is 9.90 Å². The van der Waals surface area contributed by atoms with Gasteiger partial charge in [0.25, 0.3) is 0 Å². The smallest absolute Gasteiger partial charge is 0.337 e. The Labute approximate surface area is 116 Å². The van der Waals surface area contributed by atoms with Gasteiger partial charge in [-0.2, -0.15) is 0 Å².